The second kappa shape index (κ2) is 13.2. The van der Waals surface area contributed by atoms with Gasteiger partial charge < -0.3 is 29.3 Å². The van der Waals surface area contributed by atoms with Gasteiger partial charge in [0, 0.05) is 49.7 Å². The van der Waals surface area contributed by atoms with Gasteiger partial charge in [0.1, 0.15) is 17.3 Å². The van der Waals surface area contributed by atoms with Crippen LogP contribution >= 0.6 is 0 Å². The summed E-state index contributed by atoms with van der Waals surface area (Å²) in [7, 11) is 5.16. The van der Waals surface area contributed by atoms with E-state index in [2.05, 4.69) is 39.1 Å². The number of para-hydroxylation sites is 1. The third-order valence-electron chi connectivity index (χ3n) is 7.80. The molecule has 0 saturated carbocycles. The van der Waals surface area contributed by atoms with Gasteiger partial charge in [-0.1, -0.05) is 18.2 Å². The van der Waals surface area contributed by atoms with Gasteiger partial charge in [-0.05, 0) is 69.3 Å². The van der Waals surface area contributed by atoms with Gasteiger partial charge in [-0.15, -0.1) is 0 Å². The number of ether oxygens (including phenoxy) is 3. The summed E-state index contributed by atoms with van der Waals surface area (Å²) < 4.78 is 31.9. The predicted molar refractivity (Wildman–Crippen MR) is 170 cm³/mol. The molecule has 2 heterocycles. The van der Waals surface area contributed by atoms with Crippen LogP contribution in [-0.2, 0) is 0 Å². The Morgan fingerprint density at radius 2 is 1.80 bits per heavy atom. The number of halogens is 1. The number of carbonyl (C=O) groups excluding carboxylic acids is 1. The summed E-state index contributed by atoms with van der Waals surface area (Å²) in [5.41, 5.74) is 3.87. The summed E-state index contributed by atoms with van der Waals surface area (Å²) in [5.74, 6) is 0.822. The molecule has 1 aromatic heterocycles. The SMILES string of the molecule is COc1ccc(N(C(=O)Oc2ccnc(Nc3ccc(N4CCN(C)C(C)C4)c(F)c3)n2)c2c(C)cccc2C)c(OC)c1. The first-order chi connectivity index (χ1) is 21.2. The molecule has 44 heavy (non-hydrogen) atoms. The van der Waals surface area contributed by atoms with Crippen LogP contribution in [0, 0.1) is 19.7 Å². The number of rotatable bonds is 8. The van der Waals surface area contributed by atoms with Gasteiger partial charge in [-0.3, -0.25) is 0 Å². The number of hydrogen-bond acceptors (Lipinski definition) is 9. The maximum absolute atomic E-state index is 15.2. The molecule has 1 aliphatic heterocycles. The number of piperazine rings is 1. The minimum Gasteiger partial charge on any atom is -0.497 e. The summed E-state index contributed by atoms with van der Waals surface area (Å²) in [5, 5.41) is 3.02. The fourth-order valence-corrected chi connectivity index (χ4v) is 5.27. The molecule has 11 heteroatoms. The van der Waals surface area contributed by atoms with Crippen LogP contribution in [0.3, 0.4) is 0 Å². The number of nitrogens with zero attached hydrogens (tertiary/aromatic N) is 5. The summed E-state index contributed by atoms with van der Waals surface area (Å²) in [4.78, 5) is 28.2. The van der Waals surface area contributed by atoms with Crippen molar-refractivity contribution in [2.24, 2.45) is 0 Å². The number of aromatic nitrogens is 2. The van der Waals surface area contributed by atoms with Crippen LogP contribution in [0.5, 0.6) is 17.4 Å². The molecule has 0 bridgehead atoms. The number of benzene rings is 3. The fraction of sp³-hybridized carbons (Fsp3) is 0.303. The maximum Gasteiger partial charge on any atom is 0.425 e. The van der Waals surface area contributed by atoms with Crippen molar-refractivity contribution in [3.8, 4) is 17.4 Å². The molecule has 4 aromatic rings. The summed E-state index contributed by atoms with van der Waals surface area (Å²) in [6, 6.07) is 17.7. The molecular weight excluding hydrogens is 563 g/mol. The molecule has 1 N–H and O–H groups in total. The average Bonchev–Trinajstić information content (AvgIpc) is 3.00. The Morgan fingerprint density at radius 3 is 2.48 bits per heavy atom. The minimum absolute atomic E-state index is 0.0136. The molecule has 1 fully saturated rings. The largest absolute Gasteiger partial charge is 0.497 e. The Kier molecular flexibility index (Phi) is 9.15. The molecule has 1 atom stereocenters. The molecule has 1 amide bonds. The van der Waals surface area contributed by atoms with Crippen LogP contribution < -0.4 is 29.3 Å². The van der Waals surface area contributed by atoms with Gasteiger partial charge in [-0.2, -0.15) is 4.98 Å². The topological polar surface area (TPSA) is 92.3 Å². The highest BCUT2D eigenvalue weighted by Crippen LogP contribution is 2.40. The number of carbonyl (C=O) groups is 1. The molecule has 1 unspecified atom stereocenters. The van der Waals surface area contributed by atoms with Crippen LogP contribution in [0.2, 0.25) is 0 Å². The monoisotopic (exact) mass is 600 g/mol. The lowest BCUT2D eigenvalue weighted by Gasteiger charge is -2.39. The number of amides is 1. The van der Waals surface area contributed by atoms with E-state index in [0.29, 0.717) is 40.3 Å². The predicted octanol–water partition coefficient (Wildman–Crippen LogP) is 6.47. The molecular formula is C33H37FN6O4. The zero-order chi connectivity index (χ0) is 31.4. The van der Waals surface area contributed by atoms with E-state index >= 15 is 4.39 Å². The first kappa shape index (κ1) is 30.6. The van der Waals surface area contributed by atoms with Gasteiger partial charge in [0.15, 0.2) is 0 Å². The number of hydrogen-bond donors (Lipinski definition) is 1. The van der Waals surface area contributed by atoms with E-state index < -0.39 is 6.09 Å². The third-order valence-corrected chi connectivity index (χ3v) is 7.80. The molecule has 5 rings (SSSR count). The Bertz CT molecular complexity index is 1630. The van der Waals surface area contributed by atoms with Gasteiger partial charge in [0.25, 0.3) is 0 Å². The third kappa shape index (κ3) is 6.52. The molecule has 230 valence electrons. The van der Waals surface area contributed by atoms with E-state index in [-0.39, 0.29) is 17.6 Å². The lowest BCUT2D eigenvalue weighted by Crippen LogP contribution is -2.50. The van der Waals surface area contributed by atoms with Crippen LogP contribution in [0.4, 0.5) is 37.9 Å². The van der Waals surface area contributed by atoms with Gasteiger partial charge in [-0.25, -0.2) is 19.1 Å². The van der Waals surface area contributed by atoms with Crippen molar-refractivity contribution in [3.63, 3.8) is 0 Å². The summed E-state index contributed by atoms with van der Waals surface area (Å²) in [6.45, 7) is 8.33. The van der Waals surface area contributed by atoms with E-state index in [4.69, 9.17) is 14.2 Å². The molecule has 0 spiro atoms. The lowest BCUT2D eigenvalue weighted by atomic mass is 10.1. The van der Waals surface area contributed by atoms with Crippen LogP contribution in [0.1, 0.15) is 18.1 Å². The van der Waals surface area contributed by atoms with Crippen molar-refractivity contribution in [3.05, 3.63) is 83.8 Å². The fourth-order valence-electron chi connectivity index (χ4n) is 5.27. The zero-order valence-corrected chi connectivity index (χ0v) is 25.8. The van der Waals surface area contributed by atoms with Crippen molar-refractivity contribution < 1.29 is 23.4 Å². The Balaban J connectivity index is 1.39. The van der Waals surface area contributed by atoms with Crippen molar-refractivity contribution in [1.29, 1.82) is 0 Å². The second-order valence-corrected chi connectivity index (χ2v) is 10.8. The van der Waals surface area contributed by atoms with Crippen LogP contribution in [0.25, 0.3) is 0 Å². The minimum atomic E-state index is -0.702. The first-order valence-electron chi connectivity index (χ1n) is 14.3. The molecule has 10 nitrogen and oxygen atoms in total. The Hall–Kier alpha value is -4.90. The van der Waals surface area contributed by atoms with E-state index in [1.54, 1.807) is 37.4 Å². The van der Waals surface area contributed by atoms with Crippen molar-refractivity contribution in [2.75, 3.05) is 56.0 Å². The summed E-state index contributed by atoms with van der Waals surface area (Å²) in [6.07, 6.45) is 0.762. The molecule has 1 aliphatic rings. The molecule has 1 saturated heterocycles. The van der Waals surface area contributed by atoms with E-state index in [9.17, 15) is 4.79 Å². The highest BCUT2D eigenvalue weighted by Gasteiger charge is 2.28. The van der Waals surface area contributed by atoms with Gasteiger partial charge in [0.2, 0.25) is 11.8 Å². The standard InChI is InChI=1S/C33H37FN6O4/c1-21-8-7-9-22(2)31(21)40(28-13-11-25(42-5)19-29(28)43-6)33(41)44-30-14-15-35-32(37-30)36-24-10-12-27(26(34)18-24)39-17-16-38(4)23(3)20-39/h7-15,18-19,23H,16-17,20H2,1-6H3,(H,35,36,37). The maximum atomic E-state index is 15.2. The highest BCUT2D eigenvalue weighted by atomic mass is 19.1. The van der Waals surface area contributed by atoms with Crippen LogP contribution in [0.15, 0.2) is 66.9 Å². The lowest BCUT2D eigenvalue weighted by molar-refractivity contribution is 0.208. The molecule has 0 aliphatic carbocycles. The zero-order valence-electron chi connectivity index (χ0n) is 25.8. The number of nitrogens with one attached hydrogen (secondary N) is 1. The molecule has 0 radical (unpaired) electrons. The molecule has 3 aromatic carbocycles. The van der Waals surface area contributed by atoms with Crippen molar-refractivity contribution in [1.82, 2.24) is 14.9 Å². The normalized spacial score (nSPS) is 15.1. The average molecular weight is 601 g/mol. The van der Waals surface area contributed by atoms with Crippen molar-refractivity contribution >= 4 is 34.8 Å². The van der Waals surface area contributed by atoms with Gasteiger partial charge in [0.05, 0.1) is 31.3 Å². The van der Waals surface area contributed by atoms with Crippen LogP contribution in [-0.4, -0.2) is 67.9 Å². The first-order valence-corrected chi connectivity index (χ1v) is 14.3. The smallest absolute Gasteiger partial charge is 0.425 e. The number of methoxy groups -OCH3 is 2. The quantitative estimate of drug-likeness (QED) is 0.244. The van der Waals surface area contributed by atoms with Crippen molar-refractivity contribution in [2.45, 2.75) is 26.8 Å². The summed E-state index contributed by atoms with van der Waals surface area (Å²) >= 11 is 0. The number of likely N-dealkylation sites (N-methyl/N-ethyl adjacent to an activating group) is 1. The number of aryl methyl sites for hydroxylation is 2. The van der Waals surface area contributed by atoms with Gasteiger partial charge >= 0.3 is 6.09 Å². The van der Waals surface area contributed by atoms with E-state index in [1.165, 1.54) is 30.3 Å². The Morgan fingerprint density at radius 1 is 1.02 bits per heavy atom. The van der Waals surface area contributed by atoms with E-state index in [1.807, 2.05) is 32.0 Å². The highest BCUT2D eigenvalue weighted by molar-refractivity contribution is 6.00. The second-order valence-electron chi connectivity index (χ2n) is 10.8. The van der Waals surface area contributed by atoms with E-state index in [0.717, 1.165) is 30.8 Å². The number of anilines is 5. The Labute approximate surface area is 257 Å².